The Hall–Kier alpha value is -3.49. The summed E-state index contributed by atoms with van der Waals surface area (Å²) in [7, 11) is -6.75. The molecule has 0 aliphatic rings. The topological polar surface area (TPSA) is 27.7 Å². The molecule has 0 saturated carbocycles. The van der Waals surface area contributed by atoms with E-state index in [1.165, 1.54) is 142 Å². The molecule has 396 valence electrons. The van der Waals surface area contributed by atoms with Crippen LogP contribution in [-0.4, -0.2) is 44.8 Å². The van der Waals surface area contributed by atoms with Gasteiger partial charge < -0.3 is 13.3 Å². The predicted octanol–water partition coefficient (Wildman–Crippen LogP) is 19.5. The average molecular weight is 1100 g/mol. The molecule has 0 fully saturated rings. The minimum Gasteiger partial charge on any atom is -0.370 e. The predicted molar refractivity (Wildman–Crippen MR) is 338 cm³/mol. The molecule has 0 N–H and O–H groups in total. The van der Waals surface area contributed by atoms with Gasteiger partial charge in [0.25, 0.3) is 0 Å². The van der Waals surface area contributed by atoms with Crippen LogP contribution in [0.1, 0.15) is 131 Å². The second-order valence-corrected chi connectivity index (χ2v) is 37.0. The van der Waals surface area contributed by atoms with Gasteiger partial charge in [-0.15, -0.1) is 34.0 Å². The Kier molecular flexibility index (Phi) is 21.4. The van der Waals surface area contributed by atoms with Gasteiger partial charge in [0.1, 0.15) is 0 Å². The first-order chi connectivity index (χ1) is 35.9. The van der Waals surface area contributed by atoms with Gasteiger partial charge in [-0.2, -0.15) is 0 Å². The van der Waals surface area contributed by atoms with Crippen molar-refractivity contribution in [2.45, 2.75) is 171 Å². The monoisotopic (exact) mass is 1100 g/mol. The fourth-order valence-corrected chi connectivity index (χ4v) is 25.6. The van der Waals surface area contributed by atoms with Crippen LogP contribution < -0.4 is 15.6 Å². The third-order valence-electron chi connectivity index (χ3n) is 16.3. The van der Waals surface area contributed by atoms with E-state index < -0.39 is 25.0 Å². The molecule has 0 saturated heterocycles. The Morgan fingerprint density at radius 2 is 0.743 bits per heavy atom. The summed E-state index contributed by atoms with van der Waals surface area (Å²) in [5, 5.41) is 4.48. The minimum absolute atomic E-state index is 0.626. The fourth-order valence-electron chi connectivity index (χ4n) is 11.4. The van der Waals surface area contributed by atoms with Gasteiger partial charge in [-0.1, -0.05) is 196 Å². The molecule has 7 aromatic rings. The molecule has 74 heavy (non-hydrogen) atoms. The van der Waals surface area contributed by atoms with Gasteiger partial charge in [-0.25, -0.2) is 0 Å². The molecule has 0 atom stereocenters. The van der Waals surface area contributed by atoms with E-state index in [9.17, 15) is 0 Å². The first-order valence-corrected chi connectivity index (χ1v) is 38.1. The number of benzene rings is 4. The van der Waals surface area contributed by atoms with Crippen LogP contribution >= 0.6 is 34.0 Å². The van der Waals surface area contributed by atoms with E-state index in [0.29, 0.717) is 19.8 Å². The van der Waals surface area contributed by atoms with Gasteiger partial charge >= 0.3 is 8.80 Å². The van der Waals surface area contributed by atoms with Crippen molar-refractivity contribution < 1.29 is 13.3 Å². The molecular formula is C65H88O3S3Si3. The van der Waals surface area contributed by atoms with Crippen LogP contribution in [0.15, 0.2) is 109 Å². The van der Waals surface area contributed by atoms with Crippen molar-refractivity contribution in [2.75, 3.05) is 19.8 Å². The number of hydrogen-bond acceptors (Lipinski definition) is 6. The van der Waals surface area contributed by atoms with E-state index in [4.69, 9.17) is 13.3 Å². The third kappa shape index (κ3) is 12.7. The summed E-state index contributed by atoms with van der Waals surface area (Å²) in [5.74, 6) is 0. The molecule has 0 unspecified atom stereocenters. The summed E-state index contributed by atoms with van der Waals surface area (Å²) in [6.45, 7) is 30.2. The lowest BCUT2D eigenvalue weighted by Crippen LogP contribution is -2.57. The summed E-state index contributed by atoms with van der Waals surface area (Å²) in [4.78, 5) is 8.18. The van der Waals surface area contributed by atoms with Crippen molar-refractivity contribution in [2.24, 2.45) is 0 Å². The van der Waals surface area contributed by atoms with Crippen LogP contribution in [0.4, 0.5) is 0 Å². The summed E-state index contributed by atoms with van der Waals surface area (Å²) in [6, 6.07) is 50.6. The number of rotatable bonds is 29. The maximum absolute atomic E-state index is 6.47. The largest absolute Gasteiger partial charge is 0.537 e. The molecule has 9 heteroatoms. The Bertz CT molecular complexity index is 2740. The van der Waals surface area contributed by atoms with Gasteiger partial charge in [0, 0.05) is 54.3 Å². The average Bonchev–Trinajstić information content (AvgIpc) is 4.25. The Morgan fingerprint density at radius 3 is 1.16 bits per heavy atom. The molecule has 0 aliphatic heterocycles. The maximum atomic E-state index is 6.47. The third-order valence-corrected chi connectivity index (χ3v) is 33.8. The number of hydrogen-bond donors (Lipinski definition) is 0. The van der Waals surface area contributed by atoms with Crippen molar-refractivity contribution in [1.82, 2.24) is 0 Å². The highest BCUT2D eigenvalue weighted by molar-refractivity contribution is 7.20. The lowest BCUT2D eigenvalue weighted by Gasteiger charge is -2.37. The molecule has 0 radical (unpaired) electrons. The number of aryl methyl sites for hydroxylation is 3. The van der Waals surface area contributed by atoms with E-state index >= 15 is 0 Å². The van der Waals surface area contributed by atoms with Crippen molar-refractivity contribution in [1.29, 1.82) is 0 Å². The summed E-state index contributed by atoms with van der Waals surface area (Å²) in [5.41, 5.74) is 12.4. The maximum Gasteiger partial charge on any atom is 0.537 e. The number of unbranched alkanes of at least 4 members (excludes halogenated alkanes) is 3. The van der Waals surface area contributed by atoms with Crippen LogP contribution in [0.2, 0.25) is 36.3 Å². The molecule has 4 aromatic carbocycles. The molecular weight excluding hydrogens is 1010 g/mol. The lowest BCUT2D eigenvalue weighted by atomic mass is 9.97. The SMILES string of the molecule is CCCCCCc1ccc(-c2ccc(-c3c([Si](CC)(CC)CC)cc(-c4ccc(-c5cc(C)c(-c6ccc(-c7ccc([Si](OCCC)(OCCC)OCCC)cc7)s6)c(C)c5)s4)cc3[Si](CC)(CC)CC)s2)cc1. The standard InChI is InChI=1S/C65H88O3S3Si3/c1-13-23-24-25-26-50-27-29-51(30-28-50)56-38-40-61(71-56)65-62(72(17-5,18-6)19-7)46-54(47-63(65)73(20-8,21-9)22-10)59-36-35-58(69-59)53-44-48(11)64(49(12)45-53)60-39-37-57(70-60)52-31-33-55(34-32-52)74(66-41-14-2,67-42-15-3)68-43-16-4/h27-40,44-47H,13-26,41-43H2,1-12H3. The van der Waals surface area contributed by atoms with E-state index in [0.717, 1.165) is 24.4 Å². The zero-order chi connectivity index (χ0) is 52.9. The molecule has 3 heterocycles. The fraction of sp³-hybridized carbons (Fsp3) is 0.446. The zero-order valence-electron chi connectivity index (χ0n) is 47.4. The Balaban J connectivity index is 1.23. The zero-order valence-corrected chi connectivity index (χ0v) is 52.8. The second kappa shape index (κ2) is 27.2. The van der Waals surface area contributed by atoms with E-state index in [-0.39, 0.29) is 0 Å². The smallest absolute Gasteiger partial charge is 0.370 e. The van der Waals surface area contributed by atoms with E-state index in [1.54, 1.807) is 15.9 Å². The highest BCUT2D eigenvalue weighted by Gasteiger charge is 2.44. The van der Waals surface area contributed by atoms with Gasteiger partial charge in [0.05, 0.1) is 16.1 Å². The van der Waals surface area contributed by atoms with Crippen molar-refractivity contribution in [3.8, 4) is 62.6 Å². The normalized spacial score (nSPS) is 12.3. The van der Waals surface area contributed by atoms with Crippen LogP contribution in [-0.2, 0) is 19.7 Å². The summed E-state index contributed by atoms with van der Waals surface area (Å²) < 4.78 is 19.4. The van der Waals surface area contributed by atoms with Crippen LogP contribution in [0.3, 0.4) is 0 Å². The van der Waals surface area contributed by atoms with Crippen LogP contribution in [0.5, 0.6) is 0 Å². The first kappa shape index (κ1) is 58.2. The first-order valence-electron chi connectivity index (χ1n) is 28.7. The Morgan fingerprint density at radius 1 is 0.365 bits per heavy atom. The Labute approximate surface area is 463 Å². The van der Waals surface area contributed by atoms with Crippen molar-refractivity contribution in [3.05, 3.63) is 126 Å². The second-order valence-electron chi connectivity index (χ2n) is 20.8. The number of thiophene rings is 3. The molecule has 0 aliphatic carbocycles. The van der Waals surface area contributed by atoms with Gasteiger partial charge in [0.2, 0.25) is 0 Å². The van der Waals surface area contributed by atoms with E-state index in [1.807, 2.05) is 34.0 Å². The van der Waals surface area contributed by atoms with Crippen molar-refractivity contribution >= 4 is 74.5 Å². The molecule has 0 amide bonds. The summed E-state index contributed by atoms with van der Waals surface area (Å²) >= 11 is 5.90. The highest BCUT2D eigenvalue weighted by atomic mass is 32.1. The molecule has 3 nitrogen and oxygen atoms in total. The van der Waals surface area contributed by atoms with Crippen LogP contribution in [0.25, 0.3) is 62.6 Å². The van der Waals surface area contributed by atoms with E-state index in [2.05, 4.69) is 192 Å². The lowest BCUT2D eigenvalue weighted by molar-refractivity contribution is 0.0732. The molecule has 0 spiro atoms. The van der Waals surface area contributed by atoms with Gasteiger partial charge in [-0.05, 0) is 145 Å². The van der Waals surface area contributed by atoms with Crippen molar-refractivity contribution in [3.63, 3.8) is 0 Å². The molecule has 3 aromatic heterocycles. The summed E-state index contributed by atoms with van der Waals surface area (Å²) in [6.07, 6.45) is 9.18. The minimum atomic E-state index is -3.03. The quantitative estimate of drug-likeness (QED) is 0.0345. The molecule has 7 rings (SSSR count). The van der Waals surface area contributed by atoms with Gasteiger partial charge in [-0.3, -0.25) is 0 Å². The highest BCUT2D eigenvalue weighted by Crippen LogP contribution is 2.44. The molecule has 0 bridgehead atoms. The van der Waals surface area contributed by atoms with Crippen LogP contribution in [0, 0.1) is 13.8 Å². The van der Waals surface area contributed by atoms with Gasteiger partial charge in [0.15, 0.2) is 0 Å².